The molecule has 0 amide bonds. The fourth-order valence-corrected chi connectivity index (χ4v) is 4.02. The summed E-state index contributed by atoms with van der Waals surface area (Å²) in [5, 5.41) is 10.7. The summed E-state index contributed by atoms with van der Waals surface area (Å²) < 4.78 is 0. The molecule has 1 N–H and O–H groups in total. The highest BCUT2D eigenvalue weighted by Crippen LogP contribution is 2.35. The second kappa shape index (κ2) is 5.87. The van der Waals surface area contributed by atoms with Crippen molar-refractivity contribution < 1.29 is 5.11 Å². The summed E-state index contributed by atoms with van der Waals surface area (Å²) >= 11 is 0. The minimum atomic E-state index is -0.296. The van der Waals surface area contributed by atoms with Crippen LogP contribution in [0.15, 0.2) is 24.3 Å². The van der Waals surface area contributed by atoms with E-state index < -0.39 is 0 Å². The zero-order chi connectivity index (χ0) is 14.1. The van der Waals surface area contributed by atoms with Crippen molar-refractivity contribution in [2.45, 2.75) is 51.7 Å². The molecule has 20 heavy (non-hydrogen) atoms. The Labute approximate surface area is 122 Å². The Balaban J connectivity index is 1.68. The second-order valence-electron chi connectivity index (χ2n) is 6.87. The molecule has 2 unspecified atom stereocenters. The van der Waals surface area contributed by atoms with E-state index >= 15 is 0 Å². The molecular weight excluding hydrogens is 246 g/mol. The third kappa shape index (κ3) is 2.64. The van der Waals surface area contributed by atoms with Gasteiger partial charge in [0.1, 0.15) is 0 Å². The van der Waals surface area contributed by atoms with Crippen molar-refractivity contribution in [1.29, 1.82) is 0 Å². The number of piperidine rings is 1. The molecule has 0 saturated carbocycles. The normalized spacial score (nSPS) is 28.6. The summed E-state index contributed by atoms with van der Waals surface area (Å²) in [4.78, 5) is 2.54. The number of hydrogen-bond acceptors (Lipinski definition) is 2. The highest BCUT2D eigenvalue weighted by molar-refractivity contribution is 5.32. The number of rotatable bonds is 2. The minimum Gasteiger partial charge on any atom is -0.387 e. The number of aryl methyl sites for hydroxylation is 1. The lowest BCUT2D eigenvalue weighted by molar-refractivity contribution is 0.0133. The van der Waals surface area contributed by atoms with E-state index in [-0.39, 0.29) is 6.10 Å². The fourth-order valence-electron chi connectivity index (χ4n) is 4.02. The van der Waals surface area contributed by atoms with E-state index in [9.17, 15) is 5.11 Å². The van der Waals surface area contributed by atoms with Gasteiger partial charge in [0, 0.05) is 6.04 Å². The van der Waals surface area contributed by atoms with Crippen LogP contribution in [0.5, 0.6) is 0 Å². The molecule has 0 spiro atoms. The Morgan fingerprint density at radius 3 is 2.50 bits per heavy atom. The van der Waals surface area contributed by atoms with E-state index in [0.29, 0.717) is 6.04 Å². The molecule has 2 nitrogen and oxygen atoms in total. The van der Waals surface area contributed by atoms with E-state index in [2.05, 4.69) is 43.0 Å². The smallest absolute Gasteiger partial charge is 0.0947 e. The van der Waals surface area contributed by atoms with Crippen molar-refractivity contribution >= 4 is 0 Å². The first-order valence-corrected chi connectivity index (χ1v) is 8.16. The molecule has 1 aromatic carbocycles. The predicted octanol–water partition coefficient (Wildman–Crippen LogP) is 3.40. The quantitative estimate of drug-likeness (QED) is 0.892. The van der Waals surface area contributed by atoms with E-state index in [0.717, 1.165) is 43.3 Å². The standard InChI is InChI=1S/C18H27NO/c1-13(2)14-9-11-19(12-10-14)17-8-7-15-5-3-4-6-16(15)18(17)20/h3-6,13-14,17-18,20H,7-12H2,1-2H3. The maximum atomic E-state index is 10.7. The highest BCUT2D eigenvalue weighted by Gasteiger charge is 2.34. The molecule has 1 aromatic rings. The summed E-state index contributed by atoms with van der Waals surface area (Å²) in [6.45, 7) is 7.00. The van der Waals surface area contributed by atoms with E-state index in [4.69, 9.17) is 0 Å². The highest BCUT2D eigenvalue weighted by atomic mass is 16.3. The van der Waals surface area contributed by atoms with Gasteiger partial charge in [-0.3, -0.25) is 4.90 Å². The van der Waals surface area contributed by atoms with Crippen LogP contribution in [0.3, 0.4) is 0 Å². The lowest BCUT2D eigenvalue weighted by Gasteiger charge is -2.42. The van der Waals surface area contributed by atoms with Crippen LogP contribution < -0.4 is 0 Å². The van der Waals surface area contributed by atoms with Crippen LogP contribution in [0.1, 0.15) is 50.3 Å². The summed E-state index contributed by atoms with van der Waals surface area (Å²) in [5.74, 6) is 1.67. The van der Waals surface area contributed by atoms with Crippen molar-refractivity contribution in [2.75, 3.05) is 13.1 Å². The Hall–Kier alpha value is -0.860. The van der Waals surface area contributed by atoms with Gasteiger partial charge in [0.2, 0.25) is 0 Å². The third-order valence-corrected chi connectivity index (χ3v) is 5.43. The van der Waals surface area contributed by atoms with Gasteiger partial charge in [-0.2, -0.15) is 0 Å². The maximum absolute atomic E-state index is 10.7. The van der Waals surface area contributed by atoms with E-state index in [1.54, 1.807) is 0 Å². The Morgan fingerprint density at radius 1 is 1.10 bits per heavy atom. The molecule has 0 bridgehead atoms. The Bertz CT molecular complexity index is 448. The van der Waals surface area contributed by atoms with Crippen LogP contribution in [0, 0.1) is 11.8 Å². The molecule has 0 aromatic heterocycles. The molecule has 1 fully saturated rings. The molecule has 110 valence electrons. The molecule has 3 rings (SSSR count). The number of aliphatic hydroxyl groups excluding tert-OH is 1. The first-order valence-electron chi connectivity index (χ1n) is 8.16. The molecule has 1 heterocycles. The molecule has 1 saturated heterocycles. The minimum absolute atomic E-state index is 0.296. The largest absolute Gasteiger partial charge is 0.387 e. The second-order valence-corrected chi connectivity index (χ2v) is 6.87. The summed E-state index contributed by atoms with van der Waals surface area (Å²) in [6.07, 6.45) is 4.51. The number of likely N-dealkylation sites (tertiary alicyclic amines) is 1. The van der Waals surface area contributed by atoms with E-state index in [1.807, 2.05) is 0 Å². The molecular formula is C18H27NO. The summed E-state index contributed by atoms with van der Waals surface area (Å²) in [6, 6.07) is 8.74. The van der Waals surface area contributed by atoms with Crippen molar-refractivity contribution in [3.63, 3.8) is 0 Å². The number of benzene rings is 1. The monoisotopic (exact) mass is 273 g/mol. The third-order valence-electron chi connectivity index (χ3n) is 5.43. The first kappa shape index (κ1) is 14.1. The Morgan fingerprint density at radius 2 is 1.80 bits per heavy atom. The van der Waals surface area contributed by atoms with Crippen LogP contribution in [-0.4, -0.2) is 29.1 Å². The lowest BCUT2D eigenvalue weighted by Crippen LogP contribution is -2.46. The molecule has 2 heteroatoms. The van der Waals surface area contributed by atoms with Crippen LogP contribution in [0.2, 0.25) is 0 Å². The number of fused-ring (bicyclic) bond motifs is 1. The average Bonchev–Trinajstić information content (AvgIpc) is 2.48. The van der Waals surface area contributed by atoms with E-state index in [1.165, 1.54) is 18.4 Å². The van der Waals surface area contributed by atoms with Crippen LogP contribution in [-0.2, 0) is 6.42 Å². The molecule has 1 aliphatic carbocycles. The molecule has 0 radical (unpaired) electrons. The maximum Gasteiger partial charge on any atom is 0.0947 e. The zero-order valence-corrected chi connectivity index (χ0v) is 12.8. The van der Waals surface area contributed by atoms with Gasteiger partial charge >= 0.3 is 0 Å². The number of aliphatic hydroxyl groups is 1. The summed E-state index contributed by atoms with van der Waals surface area (Å²) in [7, 11) is 0. The fraction of sp³-hybridized carbons (Fsp3) is 0.667. The number of nitrogens with zero attached hydrogens (tertiary/aromatic N) is 1. The van der Waals surface area contributed by atoms with Crippen LogP contribution in [0.25, 0.3) is 0 Å². The van der Waals surface area contributed by atoms with Crippen LogP contribution >= 0.6 is 0 Å². The van der Waals surface area contributed by atoms with Gasteiger partial charge in [0.05, 0.1) is 6.10 Å². The van der Waals surface area contributed by atoms with Gasteiger partial charge in [-0.25, -0.2) is 0 Å². The molecule has 2 atom stereocenters. The van der Waals surface area contributed by atoms with Gasteiger partial charge in [-0.05, 0) is 61.7 Å². The zero-order valence-electron chi connectivity index (χ0n) is 12.8. The lowest BCUT2D eigenvalue weighted by atomic mass is 9.82. The van der Waals surface area contributed by atoms with Crippen LogP contribution in [0.4, 0.5) is 0 Å². The Kier molecular flexibility index (Phi) is 4.13. The van der Waals surface area contributed by atoms with Gasteiger partial charge in [0.15, 0.2) is 0 Å². The SMILES string of the molecule is CC(C)C1CCN(C2CCc3ccccc3C2O)CC1. The summed E-state index contributed by atoms with van der Waals surface area (Å²) in [5.41, 5.74) is 2.50. The van der Waals surface area contributed by atoms with Crippen molar-refractivity contribution in [3.05, 3.63) is 35.4 Å². The van der Waals surface area contributed by atoms with Gasteiger partial charge in [0.25, 0.3) is 0 Å². The number of hydrogen-bond donors (Lipinski definition) is 1. The topological polar surface area (TPSA) is 23.5 Å². The first-order chi connectivity index (χ1) is 9.66. The predicted molar refractivity (Wildman–Crippen MR) is 82.6 cm³/mol. The van der Waals surface area contributed by atoms with Gasteiger partial charge in [-0.15, -0.1) is 0 Å². The van der Waals surface area contributed by atoms with Crippen molar-refractivity contribution in [1.82, 2.24) is 4.90 Å². The van der Waals surface area contributed by atoms with Crippen molar-refractivity contribution in [2.24, 2.45) is 11.8 Å². The average molecular weight is 273 g/mol. The van der Waals surface area contributed by atoms with Gasteiger partial charge < -0.3 is 5.11 Å². The van der Waals surface area contributed by atoms with Gasteiger partial charge in [-0.1, -0.05) is 38.1 Å². The molecule has 2 aliphatic rings. The van der Waals surface area contributed by atoms with Crippen molar-refractivity contribution in [3.8, 4) is 0 Å². The molecule has 1 aliphatic heterocycles.